The van der Waals surface area contributed by atoms with Gasteiger partial charge in [0.25, 0.3) is 0 Å². The number of hydrogen-bond acceptors (Lipinski definition) is 8. The predicted molar refractivity (Wildman–Crippen MR) is 129 cm³/mol. The molecular weight excluding hydrogens is 406 g/mol. The molecule has 0 spiro atoms. The van der Waals surface area contributed by atoms with Crippen LogP contribution in [0.4, 0.5) is 29.2 Å². The van der Waals surface area contributed by atoms with E-state index in [2.05, 4.69) is 48.2 Å². The van der Waals surface area contributed by atoms with E-state index in [0.717, 1.165) is 16.9 Å². The minimum atomic E-state index is 0.323. The number of benzene rings is 3. The van der Waals surface area contributed by atoms with Gasteiger partial charge in [-0.3, -0.25) is 0 Å². The average Bonchev–Trinajstić information content (AvgIpc) is 2.81. The third kappa shape index (κ3) is 6.03. The number of rotatable bonds is 8. The molecule has 0 fully saturated rings. The molecule has 0 radical (unpaired) electrons. The van der Waals surface area contributed by atoms with Crippen molar-refractivity contribution >= 4 is 47.2 Å². The smallest absolute Gasteiger partial charge is 0.250 e. The minimum absolute atomic E-state index is 0.323. The van der Waals surface area contributed by atoms with Crippen molar-refractivity contribution < 1.29 is 0 Å². The summed E-state index contributed by atoms with van der Waals surface area (Å²) < 4.78 is 0. The van der Waals surface area contributed by atoms with Crippen LogP contribution in [-0.2, 0) is 0 Å². The summed E-state index contributed by atoms with van der Waals surface area (Å²) in [5.74, 6) is 1.13. The molecular formula is C23H21N7S. The Morgan fingerprint density at radius 3 is 1.71 bits per heavy atom. The van der Waals surface area contributed by atoms with Gasteiger partial charge < -0.3 is 10.6 Å². The summed E-state index contributed by atoms with van der Waals surface area (Å²) in [6.07, 6.45) is 3.77. The Hall–Kier alpha value is -3.91. The van der Waals surface area contributed by atoms with Crippen molar-refractivity contribution in [2.45, 2.75) is 4.90 Å². The van der Waals surface area contributed by atoms with Gasteiger partial charge in [0.15, 0.2) is 0 Å². The van der Waals surface area contributed by atoms with Gasteiger partial charge >= 0.3 is 0 Å². The van der Waals surface area contributed by atoms with Gasteiger partial charge in [0.05, 0.1) is 6.21 Å². The Labute approximate surface area is 185 Å². The molecule has 8 heteroatoms. The third-order valence-corrected chi connectivity index (χ3v) is 4.93. The zero-order valence-electron chi connectivity index (χ0n) is 16.9. The van der Waals surface area contributed by atoms with E-state index in [-0.39, 0.29) is 0 Å². The van der Waals surface area contributed by atoms with Crippen LogP contribution in [0, 0.1) is 0 Å². The fourth-order valence-electron chi connectivity index (χ4n) is 2.69. The lowest BCUT2D eigenvalue weighted by atomic mass is 10.2. The van der Waals surface area contributed by atoms with Gasteiger partial charge in [-0.1, -0.05) is 48.5 Å². The Balaban J connectivity index is 1.54. The maximum absolute atomic E-state index is 4.47. The Morgan fingerprint density at radius 1 is 0.677 bits per heavy atom. The highest BCUT2D eigenvalue weighted by molar-refractivity contribution is 7.98. The number of aromatic nitrogens is 3. The van der Waals surface area contributed by atoms with Gasteiger partial charge in [-0.2, -0.15) is 20.1 Å². The van der Waals surface area contributed by atoms with Crippen molar-refractivity contribution in [1.29, 1.82) is 0 Å². The van der Waals surface area contributed by atoms with E-state index >= 15 is 0 Å². The van der Waals surface area contributed by atoms with Crippen molar-refractivity contribution in [3.8, 4) is 0 Å². The fourth-order valence-corrected chi connectivity index (χ4v) is 3.10. The van der Waals surface area contributed by atoms with Gasteiger partial charge in [0.1, 0.15) is 0 Å². The van der Waals surface area contributed by atoms with E-state index in [1.807, 2.05) is 79.1 Å². The Bertz CT molecular complexity index is 1070. The molecule has 1 heterocycles. The van der Waals surface area contributed by atoms with Crippen molar-refractivity contribution in [2.75, 3.05) is 22.3 Å². The number of nitrogens with one attached hydrogen (secondary N) is 3. The highest BCUT2D eigenvalue weighted by Gasteiger charge is 2.07. The van der Waals surface area contributed by atoms with Crippen LogP contribution >= 0.6 is 11.8 Å². The first-order chi connectivity index (χ1) is 15.3. The van der Waals surface area contributed by atoms with Crippen molar-refractivity contribution in [2.24, 2.45) is 5.10 Å². The van der Waals surface area contributed by atoms with Gasteiger partial charge in [-0.25, -0.2) is 5.43 Å². The molecule has 0 bridgehead atoms. The molecule has 0 saturated heterocycles. The van der Waals surface area contributed by atoms with Crippen LogP contribution < -0.4 is 16.1 Å². The second-order valence-electron chi connectivity index (χ2n) is 6.43. The monoisotopic (exact) mass is 427 g/mol. The standard InChI is InChI=1S/C23H21N7S/c1-31-20-14-12-17(13-15-20)16-24-30-23-28-21(25-18-8-4-2-5-9-18)27-22(29-23)26-19-10-6-3-7-11-19/h2-16H,1H3,(H3,25,26,27,28,29,30)/b24-16-. The molecule has 4 rings (SSSR count). The lowest BCUT2D eigenvalue weighted by Gasteiger charge is -2.10. The van der Waals surface area contributed by atoms with Crippen LogP contribution in [0.25, 0.3) is 0 Å². The van der Waals surface area contributed by atoms with E-state index in [1.165, 1.54) is 4.90 Å². The number of nitrogens with zero attached hydrogens (tertiary/aromatic N) is 4. The maximum atomic E-state index is 4.47. The van der Waals surface area contributed by atoms with Gasteiger partial charge in [0, 0.05) is 16.3 Å². The van der Waals surface area contributed by atoms with Gasteiger partial charge in [-0.05, 0) is 48.2 Å². The molecule has 1 aromatic heterocycles. The van der Waals surface area contributed by atoms with Crippen LogP contribution in [0.1, 0.15) is 5.56 Å². The second-order valence-corrected chi connectivity index (χ2v) is 7.31. The molecule has 0 saturated carbocycles. The van der Waals surface area contributed by atoms with Crippen LogP contribution in [0.5, 0.6) is 0 Å². The number of thioether (sulfide) groups is 1. The molecule has 31 heavy (non-hydrogen) atoms. The first kappa shape index (κ1) is 20.4. The molecule has 4 aromatic rings. The average molecular weight is 428 g/mol. The highest BCUT2D eigenvalue weighted by Crippen LogP contribution is 2.18. The van der Waals surface area contributed by atoms with Crippen molar-refractivity contribution in [3.05, 3.63) is 90.5 Å². The zero-order valence-corrected chi connectivity index (χ0v) is 17.7. The summed E-state index contributed by atoms with van der Waals surface area (Å²) in [5, 5.41) is 10.7. The summed E-state index contributed by atoms with van der Waals surface area (Å²) in [6.45, 7) is 0. The summed E-state index contributed by atoms with van der Waals surface area (Å²) in [4.78, 5) is 14.5. The second kappa shape index (κ2) is 10.2. The molecule has 0 amide bonds. The molecule has 0 unspecified atom stereocenters. The van der Waals surface area contributed by atoms with E-state index in [0.29, 0.717) is 17.8 Å². The maximum Gasteiger partial charge on any atom is 0.250 e. The number of para-hydroxylation sites is 2. The van der Waals surface area contributed by atoms with Gasteiger partial charge in [-0.15, -0.1) is 11.8 Å². The lowest BCUT2D eigenvalue weighted by Crippen LogP contribution is -2.07. The summed E-state index contributed by atoms with van der Waals surface area (Å²) in [5.41, 5.74) is 5.63. The zero-order chi connectivity index (χ0) is 21.3. The third-order valence-electron chi connectivity index (χ3n) is 4.19. The van der Waals surface area contributed by atoms with E-state index in [4.69, 9.17) is 0 Å². The van der Waals surface area contributed by atoms with Crippen molar-refractivity contribution in [1.82, 2.24) is 15.0 Å². The minimum Gasteiger partial charge on any atom is -0.324 e. The number of hydrazone groups is 1. The quantitative estimate of drug-likeness (QED) is 0.194. The first-order valence-corrected chi connectivity index (χ1v) is 10.8. The predicted octanol–water partition coefficient (Wildman–Crippen LogP) is 5.53. The van der Waals surface area contributed by atoms with Crippen LogP contribution in [0.2, 0.25) is 0 Å². The van der Waals surface area contributed by atoms with E-state index in [1.54, 1.807) is 18.0 Å². The molecule has 7 nitrogen and oxygen atoms in total. The largest absolute Gasteiger partial charge is 0.324 e. The first-order valence-electron chi connectivity index (χ1n) is 9.62. The Morgan fingerprint density at radius 2 is 1.19 bits per heavy atom. The number of hydrogen-bond donors (Lipinski definition) is 3. The molecule has 0 aliphatic rings. The van der Waals surface area contributed by atoms with Crippen LogP contribution in [-0.4, -0.2) is 27.4 Å². The molecule has 0 aliphatic carbocycles. The normalized spacial score (nSPS) is 10.7. The van der Waals surface area contributed by atoms with Crippen molar-refractivity contribution in [3.63, 3.8) is 0 Å². The van der Waals surface area contributed by atoms with Crippen LogP contribution in [0.15, 0.2) is 94.9 Å². The molecule has 0 aliphatic heterocycles. The Kier molecular flexibility index (Phi) is 6.71. The highest BCUT2D eigenvalue weighted by atomic mass is 32.2. The molecule has 3 aromatic carbocycles. The summed E-state index contributed by atoms with van der Waals surface area (Å²) >= 11 is 1.70. The SMILES string of the molecule is CSc1ccc(/C=N\Nc2nc(Nc3ccccc3)nc(Nc3ccccc3)n2)cc1. The fraction of sp³-hybridized carbons (Fsp3) is 0.0435. The van der Waals surface area contributed by atoms with E-state index in [9.17, 15) is 0 Å². The molecule has 3 N–H and O–H groups in total. The summed E-state index contributed by atoms with van der Waals surface area (Å²) in [7, 11) is 0. The molecule has 0 atom stereocenters. The van der Waals surface area contributed by atoms with Crippen LogP contribution in [0.3, 0.4) is 0 Å². The topological polar surface area (TPSA) is 87.1 Å². The molecule has 154 valence electrons. The lowest BCUT2D eigenvalue weighted by molar-refractivity contribution is 1.04. The van der Waals surface area contributed by atoms with E-state index < -0.39 is 0 Å². The number of anilines is 5. The van der Waals surface area contributed by atoms with Gasteiger partial charge in [0.2, 0.25) is 17.8 Å². The summed E-state index contributed by atoms with van der Waals surface area (Å²) in [6, 6.07) is 27.6.